The third-order valence-electron chi connectivity index (χ3n) is 5.57. The number of guanidine groups is 1. The smallest absolute Gasteiger partial charge is 0.191 e. The van der Waals surface area contributed by atoms with Crippen LogP contribution < -0.4 is 10.6 Å². The van der Waals surface area contributed by atoms with Gasteiger partial charge in [-0.15, -0.1) is 24.0 Å². The lowest BCUT2D eigenvalue weighted by molar-refractivity contribution is 0.111. The fourth-order valence-corrected chi connectivity index (χ4v) is 4.07. The Labute approximate surface area is 166 Å². The van der Waals surface area contributed by atoms with Crippen LogP contribution in [0.25, 0.3) is 0 Å². The Kier molecular flexibility index (Phi) is 9.94. The molecule has 0 amide bonds. The minimum Gasteiger partial charge on any atom is -0.357 e. The van der Waals surface area contributed by atoms with E-state index in [1.807, 2.05) is 0 Å². The topological polar surface area (TPSA) is 39.7 Å². The standard InChI is InChI=1S/C19H38N4.HI/c1-5-20-18(21-14-17-7-11-23(4)12-8-17)22-15-19(9-6-10-19)13-16(2)3;/h16-17H,5-15H2,1-4H3,(H2,20,21,22);1H. The lowest BCUT2D eigenvalue weighted by Gasteiger charge is -2.42. The highest BCUT2D eigenvalue weighted by atomic mass is 127. The molecule has 2 rings (SSSR count). The van der Waals surface area contributed by atoms with Crippen molar-refractivity contribution < 1.29 is 0 Å². The van der Waals surface area contributed by atoms with Crippen LogP contribution in [0.15, 0.2) is 4.99 Å². The Morgan fingerprint density at radius 1 is 1.21 bits per heavy atom. The highest BCUT2D eigenvalue weighted by Crippen LogP contribution is 2.46. The van der Waals surface area contributed by atoms with Gasteiger partial charge in [0.15, 0.2) is 5.96 Å². The molecule has 0 bridgehead atoms. The van der Waals surface area contributed by atoms with Gasteiger partial charge in [0, 0.05) is 19.6 Å². The molecule has 1 saturated carbocycles. The summed E-state index contributed by atoms with van der Waals surface area (Å²) in [5, 5.41) is 7.03. The van der Waals surface area contributed by atoms with Gasteiger partial charge >= 0.3 is 0 Å². The number of hydrogen-bond donors (Lipinski definition) is 2. The quantitative estimate of drug-likeness (QED) is 0.353. The number of aliphatic imine (C=N–C) groups is 1. The summed E-state index contributed by atoms with van der Waals surface area (Å²) in [4.78, 5) is 7.38. The van der Waals surface area contributed by atoms with E-state index in [0.29, 0.717) is 5.41 Å². The van der Waals surface area contributed by atoms with Crippen molar-refractivity contribution in [2.45, 2.75) is 59.3 Å². The molecule has 0 radical (unpaired) electrons. The van der Waals surface area contributed by atoms with E-state index < -0.39 is 0 Å². The molecule has 2 N–H and O–H groups in total. The van der Waals surface area contributed by atoms with Crippen LogP contribution in [0.5, 0.6) is 0 Å². The van der Waals surface area contributed by atoms with Crippen LogP contribution in [0, 0.1) is 17.3 Å². The van der Waals surface area contributed by atoms with Gasteiger partial charge in [0.05, 0.1) is 0 Å². The zero-order chi connectivity index (χ0) is 16.7. The van der Waals surface area contributed by atoms with Crippen molar-refractivity contribution in [2.24, 2.45) is 22.2 Å². The van der Waals surface area contributed by atoms with E-state index in [1.54, 1.807) is 0 Å². The van der Waals surface area contributed by atoms with E-state index in [2.05, 4.69) is 43.4 Å². The van der Waals surface area contributed by atoms with Crippen molar-refractivity contribution in [3.63, 3.8) is 0 Å². The Morgan fingerprint density at radius 2 is 1.88 bits per heavy atom. The average molecular weight is 450 g/mol. The van der Waals surface area contributed by atoms with Crippen LogP contribution in [0.2, 0.25) is 0 Å². The van der Waals surface area contributed by atoms with E-state index in [0.717, 1.165) is 37.4 Å². The van der Waals surface area contributed by atoms with Crippen LogP contribution in [-0.4, -0.2) is 50.6 Å². The highest BCUT2D eigenvalue weighted by Gasteiger charge is 2.37. The molecule has 0 aromatic rings. The summed E-state index contributed by atoms with van der Waals surface area (Å²) in [5.74, 6) is 2.60. The summed E-state index contributed by atoms with van der Waals surface area (Å²) < 4.78 is 0. The maximum Gasteiger partial charge on any atom is 0.191 e. The van der Waals surface area contributed by atoms with Gasteiger partial charge in [0.25, 0.3) is 0 Å². The van der Waals surface area contributed by atoms with Gasteiger partial charge < -0.3 is 15.5 Å². The number of likely N-dealkylation sites (tertiary alicyclic amines) is 1. The summed E-state index contributed by atoms with van der Waals surface area (Å²) in [6, 6.07) is 0. The minimum absolute atomic E-state index is 0. The molecule has 0 unspecified atom stereocenters. The van der Waals surface area contributed by atoms with Gasteiger partial charge in [-0.1, -0.05) is 20.3 Å². The van der Waals surface area contributed by atoms with Crippen molar-refractivity contribution in [2.75, 3.05) is 39.8 Å². The van der Waals surface area contributed by atoms with Crippen molar-refractivity contribution in [3.05, 3.63) is 0 Å². The van der Waals surface area contributed by atoms with Gasteiger partial charge in [-0.3, -0.25) is 4.99 Å². The number of halogens is 1. The van der Waals surface area contributed by atoms with Crippen LogP contribution in [-0.2, 0) is 0 Å². The van der Waals surface area contributed by atoms with E-state index in [1.165, 1.54) is 51.6 Å². The van der Waals surface area contributed by atoms with Crippen molar-refractivity contribution in [1.82, 2.24) is 15.5 Å². The first-order chi connectivity index (χ1) is 11.0. The predicted octanol–water partition coefficient (Wildman–Crippen LogP) is 3.72. The zero-order valence-corrected chi connectivity index (χ0v) is 18.6. The average Bonchev–Trinajstić information content (AvgIpc) is 2.48. The molecule has 0 aromatic heterocycles. The molecule has 1 aliphatic heterocycles. The van der Waals surface area contributed by atoms with Gasteiger partial charge in [0.1, 0.15) is 0 Å². The number of hydrogen-bond acceptors (Lipinski definition) is 2. The van der Waals surface area contributed by atoms with Gasteiger partial charge in [-0.25, -0.2) is 0 Å². The molecule has 1 aliphatic carbocycles. The largest absolute Gasteiger partial charge is 0.357 e. The fraction of sp³-hybridized carbons (Fsp3) is 0.947. The van der Waals surface area contributed by atoms with Crippen LogP contribution >= 0.6 is 24.0 Å². The van der Waals surface area contributed by atoms with E-state index >= 15 is 0 Å². The molecule has 4 nitrogen and oxygen atoms in total. The molecule has 5 heteroatoms. The van der Waals surface area contributed by atoms with Crippen LogP contribution in [0.3, 0.4) is 0 Å². The highest BCUT2D eigenvalue weighted by molar-refractivity contribution is 14.0. The van der Waals surface area contributed by atoms with E-state index in [4.69, 9.17) is 4.99 Å². The van der Waals surface area contributed by atoms with E-state index in [-0.39, 0.29) is 24.0 Å². The summed E-state index contributed by atoms with van der Waals surface area (Å²) in [5.41, 5.74) is 0.490. The summed E-state index contributed by atoms with van der Waals surface area (Å²) in [7, 11) is 2.22. The maximum atomic E-state index is 4.94. The minimum atomic E-state index is 0. The molecule has 2 aliphatic rings. The van der Waals surface area contributed by atoms with Gasteiger partial charge in [0.2, 0.25) is 0 Å². The lowest BCUT2D eigenvalue weighted by Crippen LogP contribution is -2.43. The molecule has 142 valence electrons. The SMILES string of the molecule is CCNC(=NCC1(CC(C)C)CCC1)NCC1CCN(C)CC1.I. The molecule has 1 heterocycles. The molecular formula is C19H39IN4. The van der Waals surface area contributed by atoms with Gasteiger partial charge in [-0.05, 0) is 76.4 Å². The van der Waals surface area contributed by atoms with Crippen LogP contribution in [0.4, 0.5) is 0 Å². The first-order valence-corrected chi connectivity index (χ1v) is 9.74. The first kappa shape index (κ1) is 22.0. The molecule has 1 saturated heterocycles. The normalized spacial score (nSPS) is 22.0. The number of piperidine rings is 1. The second-order valence-electron chi connectivity index (χ2n) is 8.27. The fourth-order valence-electron chi connectivity index (χ4n) is 4.07. The summed E-state index contributed by atoms with van der Waals surface area (Å²) >= 11 is 0. The number of nitrogens with zero attached hydrogens (tertiary/aromatic N) is 2. The first-order valence-electron chi connectivity index (χ1n) is 9.74. The molecule has 0 aromatic carbocycles. The lowest BCUT2D eigenvalue weighted by atomic mass is 9.64. The second kappa shape index (κ2) is 10.8. The predicted molar refractivity (Wildman–Crippen MR) is 115 cm³/mol. The maximum absolute atomic E-state index is 4.94. The molecule has 2 fully saturated rings. The van der Waals surface area contributed by atoms with E-state index in [9.17, 15) is 0 Å². The Hall–Kier alpha value is -0.0400. The Bertz CT molecular complexity index is 372. The molecular weight excluding hydrogens is 411 g/mol. The summed E-state index contributed by atoms with van der Waals surface area (Å²) in [6.07, 6.45) is 8.05. The van der Waals surface area contributed by atoms with Crippen molar-refractivity contribution in [3.8, 4) is 0 Å². The molecule has 0 atom stereocenters. The van der Waals surface area contributed by atoms with Crippen molar-refractivity contribution in [1.29, 1.82) is 0 Å². The molecule has 0 spiro atoms. The zero-order valence-electron chi connectivity index (χ0n) is 16.2. The van der Waals surface area contributed by atoms with Gasteiger partial charge in [-0.2, -0.15) is 0 Å². The van der Waals surface area contributed by atoms with Crippen LogP contribution in [0.1, 0.15) is 59.3 Å². The summed E-state index contributed by atoms with van der Waals surface area (Å²) in [6.45, 7) is 12.3. The Balaban J connectivity index is 0.00000288. The second-order valence-corrected chi connectivity index (χ2v) is 8.27. The monoisotopic (exact) mass is 450 g/mol. The van der Waals surface area contributed by atoms with Crippen molar-refractivity contribution >= 4 is 29.9 Å². The Morgan fingerprint density at radius 3 is 2.38 bits per heavy atom. The third-order valence-corrected chi connectivity index (χ3v) is 5.57. The number of rotatable bonds is 7. The molecule has 24 heavy (non-hydrogen) atoms. The number of nitrogens with one attached hydrogen (secondary N) is 2. The third kappa shape index (κ3) is 7.06.